The SMILES string of the molecule is CCC(C)(O)/C=C/c1ccc(C(CC)(CC)c2ccc(B3OC(C)(C)C(C)(C)O3)c(C)c2)cc1C. The summed E-state index contributed by atoms with van der Waals surface area (Å²) in [5, 5.41) is 10.4. The molecule has 2 aromatic rings. The molecule has 1 N–H and O–H groups in total. The third-order valence-electron chi connectivity index (χ3n) is 8.70. The molecule has 35 heavy (non-hydrogen) atoms. The molecule has 1 aliphatic rings. The minimum absolute atomic E-state index is 0.0683. The van der Waals surface area contributed by atoms with Gasteiger partial charge in [-0.25, -0.2) is 0 Å². The van der Waals surface area contributed by atoms with Gasteiger partial charge in [0.2, 0.25) is 0 Å². The molecule has 0 saturated carbocycles. The van der Waals surface area contributed by atoms with Crippen LogP contribution in [0.15, 0.2) is 42.5 Å². The van der Waals surface area contributed by atoms with Gasteiger partial charge in [-0.2, -0.15) is 0 Å². The number of benzene rings is 2. The van der Waals surface area contributed by atoms with E-state index in [0.29, 0.717) is 6.42 Å². The minimum Gasteiger partial charge on any atom is -0.399 e. The average molecular weight is 477 g/mol. The Morgan fingerprint density at radius 2 is 1.34 bits per heavy atom. The van der Waals surface area contributed by atoms with Gasteiger partial charge in [0.25, 0.3) is 0 Å². The van der Waals surface area contributed by atoms with Crippen LogP contribution in [0.1, 0.15) is 102 Å². The van der Waals surface area contributed by atoms with Crippen LogP contribution in [-0.2, 0) is 14.7 Å². The predicted molar refractivity (Wildman–Crippen MR) is 149 cm³/mol. The van der Waals surface area contributed by atoms with Gasteiger partial charge in [-0.3, -0.25) is 0 Å². The third kappa shape index (κ3) is 5.31. The lowest BCUT2D eigenvalue weighted by Gasteiger charge is -2.34. The summed E-state index contributed by atoms with van der Waals surface area (Å²) in [4.78, 5) is 0. The third-order valence-corrected chi connectivity index (χ3v) is 8.70. The van der Waals surface area contributed by atoms with E-state index >= 15 is 0 Å². The molecule has 1 aliphatic heterocycles. The number of aryl methyl sites for hydroxylation is 2. The van der Waals surface area contributed by atoms with E-state index in [1.807, 2.05) is 26.0 Å². The Morgan fingerprint density at radius 1 is 0.829 bits per heavy atom. The van der Waals surface area contributed by atoms with Crippen LogP contribution in [0.2, 0.25) is 0 Å². The summed E-state index contributed by atoms with van der Waals surface area (Å²) in [5.74, 6) is 0. The topological polar surface area (TPSA) is 38.7 Å². The first kappa shape index (κ1) is 27.7. The average Bonchev–Trinajstić information content (AvgIpc) is 3.01. The van der Waals surface area contributed by atoms with Gasteiger partial charge in [-0.15, -0.1) is 0 Å². The largest absolute Gasteiger partial charge is 0.495 e. The Kier molecular flexibility index (Phi) is 7.82. The first-order valence-electron chi connectivity index (χ1n) is 13.2. The fraction of sp³-hybridized carbons (Fsp3) is 0.548. The van der Waals surface area contributed by atoms with E-state index in [9.17, 15) is 5.11 Å². The van der Waals surface area contributed by atoms with E-state index in [0.717, 1.165) is 23.9 Å². The zero-order valence-electron chi connectivity index (χ0n) is 23.6. The molecule has 0 aromatic heterocycles. The Labute approximate surface area is 214 Å². The van der Waals surface area contributed by atoms with Gasteiger partial charge in [-0.1, -0.05) is 74.9 Å². The molecule has 1 unspecified atom stereocenters. The van der Waals surface area contributed by atoms with Gasteiger partial charge in [-0.05, 0) is 95.4 Å². The van der Waals surface area contributed by atoms with Crippen molar-refractivity contribution in [2.45, 2.75) is 111 Å². The van der Waals surface area contributed by atoms with Crippen LogP contribution in [0.5, 0.6) is 0 Å². The maximum absolute atomic E-state index is 10.4. The molecule has 3 nitrogen and oxygen atoms in total. The van der Waals surface area contributed by atoms with Crippen LogP contribution >= 0.6 is 0 Å². The van der Waals surface area contributed by atoms with Crippen LogP contribution in [0, 0.1) is 13.8 Å². The number of hydrogen-bond acceptors (Lipinski definition) is 3. The summed E-state index contributed by atoms with van der Waals surface area (Å²) in [6.45, 7) is 21.1. The molecule has 0 bridgehead atoms. The number of aliphatic hydroxyl groups is 1. The van der Waals surface area contributed by atoms with E-state index < -0.39 is 5.60 Å². The minimum atomic E-state index is -0.780. The highest BCUT2D eigenvalue weighted by Gasteiger charge is 2.52. The number of rotatable bonds is 8. The van der Waals surface area contributed by atoms with E-state index in [1.165, 1.54) is 22.3 Å². The first-order valence-corrected chi connectivity index (χ1v) is 13.2. The molecular weight excluding hydrogens is 431 g/mol. The lowest BCUT2D eigenvalue weighted by atomic mass is 9.68. The van der Waals surface area contributed by atoms with E-state index in [-0.39, 0.29) is 23.7 Å². The molecule has 0 spiro atoms. The quantitative estimate of drug-likeness (QED) is 0.422. The smallest absolute Gasteiger partial charge is 0.399 e. The molecule has 190 valence electrons. The van der Waals surface area contributed by atoms with Gasteiger partial charge in [0.05, 0.1) is 16.8 Å². The van der Waals surface area contributed by atoms with Gasteiger partial charge in [0.1, 0.15) is 0 Å². The Bertz CT molecular complexity index is 1060. The molecule has 0 amide bonds. The van der Waals surface area contributed by atoms with Gasteiger partial charge < -0.3 is 14.4 Å². The molecule has 1 saturated heterocycles. The zero-order valence-corrected chi connectivity index (χ0v) is 23.6. The van der Waals surface area contributed by atoms with Crippen molar-refractivity contribution in [1.29, 1.82) is 0 Å². The molecule has 2 aromatic carbocycles. The maximum Gasteiger partial charge on any atom is 0.495 e. The molecule has 3 rings (SSSR count). The molecule has 4 heteroatoms. The second kappa shape index (κ2) is 9.88. The molecule has 0 radical (unpaired) electrons. The zero-order chi connectivity index (χ0) is 26.2. The Hall–Kier alpha value is -1.88. The molecule has 1 atom stereocenters. The van der Waals surface area contributed by atoms with Crippen molar-refractivity contribution >= 4 is 18.7 Å². The second-order valence-corrected chi connectivity index (χ2v) is 11.6. The molecule has 0 aliphatic carbocycles. The highest BCUT2D eigenvalue weighted by atomic mass is 16.7. The lowest BCUT2D eigenvalue weighted by molar-refractivity contribution is 0.00578. The van der Waals surface area contributed by atoms with E-state index in [1.54, 1.807) is 0 Å². The van der Waals surface area contributed by atoms with Crippen molar-refractivity contribution in [3.8, 4) is 0 Å². The highest BCUT2D eigenvalue weighted by Crippen LogP contribution is 2.41. The van der Waals surface area contributed by atoms with Gasteiger partial charge in [0, 0.05) is 5.41 Å². The summed E-state index contributed by atoms with van der Waals surface area (Å²) in [6.07, 6.45) is 6.66. The van der Waals surface area contributed by atoms with Crippen molar-refractivity contribution in [3.05, 3.63) is 70.3 Å². The summed E-state index contributed by atoms with van der Waals surface area (Å²) < 4.78 is 12.7. The normalized spacial score (nSPS) is 19.3. The molecular formula is C31H45BO3. The summed E-state index contributed by atoms with van der Waals surface area (Å²) >= 11 is 0. The fourth-order valence-electron chi connectivity index (χ4n) is 4.99. The molecule has 1 fully saturated rings. The van der Waals surface area contributed by atoms with Crippen LogP contribution in [0.4, 0.5) is 0 Å². The van der Waals surface area contributed by atoms with Crippen molar-refractivity contribution in [3.63, 3.8) is 0 Å². The van der Waals surface area contributed by atoms with Crippen LogP contribution in [-0.4, -0.2) is 29.0 Å². The summed E-state index contributed by atoms with van der Waals surface area (Å²) in [7, 11) is -0.347. The van der Waals surface area contributed by atoms with Gasteiger partial charge >= 0.3 is 7.12 Å². The maximum atomic E-state index is 10.4. The predicted octanol–water partition coefficient (Wildman–Crippen LogP) is 6.88. The van der Waals surface area contributed by atoms with Crippen molar-refractivity contribution in [1.82, 2.24) is 0 Å². The summed E-state index contributed by atoms with van der Waals surface area (Å²) in [5.41, 5.74) is 5.80. The Balaban J connectivity index is 1.97. The lowest BCUT2D eigenvalue weighted by Crippen LogP contribution is -2.41. The van der Waals surface area contributed by atoms with Crippen molar-refractivity contribution < 1.29 is 14.4 Å². The highest BCUT2D eigenvalue weighted by molar-refractivity contribution is 6.62. The van der Waals surface area contributed by atoms with Crippen LogP contribution in [0.3, 0.4) is 0 Å². The van der Waals surface area contributed by atoms with E-state index in [2.05, 4.69) is 91.8 Å². The first-order chi connectivity index (χ1) is 16.2. The fourth-order valence-corrected chi connectivity index (χ4v) is 4.99. The van der Waals surface area contributed by atoms with Crippen LogP contribution in [0.25, 0.3) is 6.08 Å². The van der Waals surface area contributed by atoms with E-state index in [4.69, 9.17) is 9.31 Å². The monoisotopic (exact) mass is 476 g/mol. The van der Waals surface area contributed by atoms with Crippen molar-refractivity contribution in [2.24, 2.45) is 0 Å². The van der Waals surface area contributed by atoms with Crippen molar-refractivity contribution in [2.75, 3.05) is 0 Å². The second-order valence-electron chi connectivity index (χ2n) is 11.6. The van der Waals surface area contributed by atoms with Crippen LogP contribution < -0.4 is 5.46 Å². The number of hydrogen-bond donors (Lipinski definition) is 1. The van der Waals surface area contributed by atoms with Gasteiger partial charge in [0.15, 0.2) is 0 Å². The Morgan fingerprint density at radius 3 is 1.80 bits per heavy atom. The standard InChI is InChI=1S/C31H45BO3/c1-11-30(10,33)19-18-24-14-15-25(20-22(24)4)31(12-2,13-3)26-16-17-27(23(5)21-26)32-34-28(6,7)29(8,9)35-32/h14-21,33H,11-13H2,1-10H3/b19-18+. The molecule has 1 heterocycles. The summed E-state index contributed by atoms with van der Waals surface area (Å²) in [6, 6.07) is 13.6.